The van der Waals surface area contributed by atoms with Crippen molar-refractivity contribution in [3.8, 4) is 5.75 Å². The summed E-state index contributed by atoms with van der Waals surface area (Å²) in [5.74, 6) is 0.385. The van der Waals surface area contributed by atoms with Gasteiger partial charge in [0.2, 0.25) is 0 Å². The average Bonchev–Trinajstić information content (AvgIpc) is 2.38. The van der Waals surface area contributed by atoms with Gasteiger partial charge in [-0.25, -0.2) is 4.39 Å². The molecule has 0 aliphatic rings. The molecular formula is C15H14BrClFNO. The molecule has 0 atom stereocenters. The number of anilines is 1. The largest absolute Gasteiger partial charge is 0.490 e. The first-order valence-corrected chi connectivity index (χ1v) is 7.32. The maximum Gasteiger partial charge on any atom is 0.146 e. The van der Waals surface area contributed by atoms with Crippen LogP contribution in [0, 0.1) is 12.7 Å². The molecule has 1 N–H and O–H groups in total. The maximum absolute atomic E-state index is 13.4. The van der Waals surface area contributed by atoms with Crippen molar-refractivity contribution < 1.29 is 9.13 Å². The van der Waals surface area contributed by atoms with E-state index >= 15 is 0 Å². The molecule has 0 saturated carbocycles. The number of hydrogen-bond donors (Lipinski definition) is 1. The van der Waals surface area contributed by atoms with Crippen molar-refractivity contribution in [1.82, 2.24) is 0 Å². The van der Waals surface area contributed by atoms with Gasteiger partial charge in [-0.3, -0.25) is 0 Å². The van der Waals surface area contributed by atoms with Gasteiger partial charge in [-0.05, 0) is 36.8 Å². The standard InChI is InChI=1S/C15H14BrClFNO/c1-10-8-11(16)9-12(17)15(10)20-7-6-19-14-5-3-2-4-13(14)18/h2-5,8-9,19H,6-7H2,1H3. The number of benzene rings is 2. The van der Waals surface area contributed by atoms with Crippen molar-refractivity contribution in [1.29, 1.82) is 0 Å². The topological polar surface area (TPSA) is 21.3 Å². The fourth-order valence-corrected chi connectivity index (χ4v) is 2.84. The molecule has 0 heterocycles. The zero-order chi connectivity index (χ0) is 14.5. The Bertz CT molecular complexity index is 583. The SMILES string of the molecule is Cc1cc(Br)cc(Cl)c1OCCNc1ccccc1F. The average molecular weight is 359 g/mol. The monoisotopic (exact) mass is 357 g/mol. The van der Waals surface area contributed by atoms with E-state index in [0.717, 1.165) is 10.0 Å². The number of nitrogens with one attached hydrogen (secondary N) is 1. The van der Waals surface area contributed by atoms with Gasteiger partial charge >= 0.3 is 0 Å². The van der Waals surface area contributed by atoms with E-state index in [-0.39, 0.29) is 5.82 Å². The Balaban J connectivity index is 1.90. The molecule has 2 aromatic rings. The summed E-state index contributed by atoms with van der Waals surface area (Å²) in [6.45, 7) is 2.82. The van der Waals surface area contributed by atoms with E-state index in [2.05, 4.69) is 21.2 Å². The zero-order valence-corrected chi connectivity index (χ0v) is 13.3. The highest BCUT2D eigenvalue weighted by Gasteiger charge is 2.07. The summed E-state index contributed by atoms with van der Waals surface area (Å²) in [5, 5.41) is 3.54. The van der Waals surface area contributed by atoms with Crippen LogP contribution in [-0.4, -0.2) is 13.2 Å². The van der Waals surface area contributed by atoms with Gasteiger partial charge in [0.05, 0.1) is 10.7 Å². The molecule has 0 radical (unpaired) electrons. The van der Waals surface area contributed by atoms with Gasteiger partial charge in [-0.1, -0.05) is 39.7 Å². The molecule has 0 unspecified atom stereocenters. The minimum absolute atomic E-state index is 0.273. The fraction of sp³-hybridized carbons (Fsp3) is 0.200. The van der Waals surface area contributed by atoms with Gasteiger partial charge in [0.1, 0.15) is 18.2 Å². The van der Waals surface area contributed by atoms with Crippen molar-refractivity contribution in [2.75, 3.05) is 18.5 Å². The first kappa shape index (κ1) is 15.1. The number of hydrogen-bond acceptors (Lipinski definition) is 2. The summed E-state index contributed by atoms with van der Waals surface area (Å²) in [7, 11) is 0. The number of aryl methyl sites for hydroxylation is 1. The molecular weight excluding hydrogens is 345 g/mol. The molecule has 0 aliphatic heterocycles. The summed E-state index contributed by atoms with van der Waals surface area (Å²) in [4.78, 5) is 0. The maximum atomic E-state index is 13.4. The van der Waals surface area contributed by atoms with Crippen LogP contribution >= 0.6 is 27.5 Å². The lowest BCUT2D eigenvalue weighted by molar-refractivity contribution is 0.330. The van der Waals surface area contributed by atoms with Crippen molar-refractivity contribution >= 4 is 33.2 Å². The molecule has 2 aromatic carbocycles. The summed E-state index contributed by atoms with van der Waals surface area (Å²) < 4.78 is 19.9. The first-order valence-electron chi connectivity index (χ1n) is 6.15. The quantitative estimate of drug-likeness (QED) is 0.756. The van der Waals surface area contributed by atoms with Crippen molar-refractivity contribution in [2.45, 2.75) is 6.92 Å². The summed E-state index contributed by atoms with van der Waals surface area (Å²) in [6, 6.07) is 10.3. The molecule has 0 aromatic heterocycles. The highest BCUT2D eigenvalue weighted by molar-refractivity contribution is 9.10. The molecule has 5 heteroatoms. The number of ether oxygens (including phenoxy) is 1. The number of para-hydroxylation sites is 1. The molecule has 0 bridgehead atoms. The molecule has 0 amide bonds. The predicted octanol–water partition coefficient (Wildman–Crippen LogP) is 5.04. The third-order valence-corrected chi connectivity index (χ3v) is 3.47. The van der Waals surface area contributed by atoms with Gasteiger partial charge in [-0.2, -0.15) is 0 Å². The molecule has 0 spiro atoms. The van der Waals surface area contributed by atoms with Crippen LogP contribution in [0.4, 0.5) is 10.1 Å². The Morgan fingerprint density at radius 1 is 1.30 bits per heavy atom. The molecule has 20 heavy (non-hydrogen) atoms. The third-order valence-electron chi connectivity index (χ3n) is 2.73. The van der Waals surface area contributed by atoms with E-state index in [1.54, 1.807) is 24.3 Å². The first-order chi connectivity index (χ1) is 9.58. The molecule has 106 valence electrons. The van der Waals surface area contributed by atoms with Crippen LogP contribution in [0.15, 0.2) is 40.9 Å². The lowest BCUT2D eigenvalue weighted by Crippen LogP contribution is -2.13. The van der Waals surface area contributed by atoms with Crippen LogP contribution in [0.1, 0.15) is 5.56 Å². The van der Waals surface area contributed by atoms with E-state index in [9.17, 15) is 4.39 Å². The van der Waals surface area contributed by atoms with Gasteiger partial charge < -0.3 is 10.1 Å². The van der Waals surface area contributed by atoms with Gasteiger partial charge in [-0.15, -0.1) is 0 Å². The second-order valence-electron chi connectivity index (χ2n) is 4.29. The Labute approximate surface area is 131 Å². The van der Waals surface area contributed by atoms with Crippen LogP contribution in [0.25, 0.3) is 0 Å². The normalized spacial score (nSPS) is 10.4. The summed E-state index contributed by atoms with van der Waals surface area (Å²) in [6.07, 6.45) is 0. The van der Waals surface area contributed by atoms with Crippen LogP contribution in [0.5, 0.6) is 5.75 Å². The molecule has 2 nitrogen and oxygen atoms in total. The minimum Gasteiger partial charge on any atom is -0.490 e. The number of halogens is 3. The Morgan fingerprint density at radius 3 is 2.75 bits per heavy atom. The lowest BCUT2D eigenvalue weighted by Gasteiger charge is -2.12. The third kappa shape index (κ3) is 3.87. The predicted molar refractivity (Wildman–Crippen MR) is 84.3 cm³/mol. The highest BCUT2D eigenvalue weighted by Crippen LogP contribution is 2.31. The van der Waals surface area contributed by atoms with Crippen LogP contribution < -0.4 is 10.1 Å². The second-order valence-corrected chi connectivity index (χ2v) is 5.61. The van der Waals surface area contributed by atoms with Gasteiger partial charge in [0, 0.05) is 11.0 Å². The van der Waals surface area contributed by atoms with E-state index in [1.807, 2.05) is 13.0 Å². The lowest BCUT2D eigenvalue weighted by atomic mass is 10.2. The van der Waals surface area contributed by atoms with Crippen LogP contribution in [0.3, 0.4) is 0 Å². The highest BCUT2D eigenvalue weighted by atomic mass is 79.9. The molecule has 0 fully saturated rings. The smallest absolute Gasteiger partial charge is 0.146 e. The Hall–Kier alpha value is -1.26. The molecule has 2 rings (SSSR count). The summed E-state index contributed by atoms with van der Waals surface area (Å²) >= 11 is 9.49. The van der Waals surface area contributed by atoms with E-state index in [0.29, 0.717) is 29.6 Å². The van der Waals surface area contributed by atoms with Gasteiger partial charge in [0.15, 0.2) is 0 Å². The van der Waals surface area contributed by atoms with Crippen molar-refractivity contribution in [3.05, 3.63) is 57.3 Å². The zero-order valence-electron chi connectivity index (χ0n) is 10.9. The van der Waals surface area contributed by atoms with E-state index < -0.39 is 0 Å². The Kier molecular flexibility index (Phi) is 5.26. The minimum atomic E-state index is -0.273. The van der Waals surface area contributed by atoms with Crippen LogP contribution in [-0.2, 0) is 0 Å². The van der Waals surface area contributed by atoms with Crippen LogP contribution in [0.2, 0.25) is 5.02 Å². The second kappa shape index (κ2) is 6.95. The molecule has 0 saturated heterocycles. The molecule has 0 aliphatic carbocycles. The van der Waals surface area contributed by atoms with E-state index in [1.165, 1.54) is 6.07 Å². The van der Waals surface area contributed by atoms with Crippen molar-refractivity contribution in [2.24, 2.45) is 0 Å². The van der Waals surface area contributed by atoms with E-state index in [4.69, 9.17) is 16.3 Å². The summed E-state index contributed by atoms with van der Waals surface area (Å²) in [5.41, 5.74) is 1.42. The van der Waals surface area contributed by atoms with Crippen molar-refractivity contribution in [3.63, 3.8) is 0 Å². The number of rotatable bonds is 5. The fourth-order valence-electron chi connectivity index (χ4n) is 1.82. The van der Waals surface area contributed by atoms with Gasteiger partial charge in [0.25, 0.3) is 0 Å². The Morgan fingerprint density at radius 2 is 2.05 bits per heavy atom.